The Kier molecular flexibility index (Phi) is 7.70. The molecule has 0 heterocycles. The van der Waals surface area contributed by atoms with Gasteiger partial charge in [-0.2, -0.15) is 0 Å². The summed E-state index contributed by atoms with van der Waals surface area (Å²) in [5.74, 6) is 3.25. The van der Waals surface area contributed by atoms with Crippen LogP contribution < -0.4 is 5.32 Å². The number of carbonyl (C=O) groups is 1. The van der Waals surface area contributed by atoms with Crippen LogP contribution in [0.4, 0.5) is 0 Å². The molecule has 0 atom stereocenters. The fraction of sp³-hybridized carbons (Fsp3) is 0.500. The van der Waals surface area contributed by atoms with Gasteiger partial charge in [-0.25, -0.2) is 0 Å². The van der Waals surface area contributed by atoms with Crippen LogP contribution in [0, 0.1) is 18.4 Å². The third kappa shape index (κ3) is 5.34. The van der Waals surface area contributed by atoms with Crippen LogP contribution in [-0.4, -0.2) is 14.0 Å². The molecule has 1 amide bonds. The molecule has 0 unspecified atom stereocenters. The second kappa shape index (κ2) is 9.06. The van der Waals surface area contributed by atoms with Gasteiger partial charge in [-0.3, -0.25) is 4.79 Å². The quantitative estimate of drug-likeness (QED) is 0.533. The zero-order valence-electron chi connectivity index (χ0n) is 17.0. The van der Waals surface area contributed by atoms with Crippen molar-refractivity contribution >= 4 is 19.7 Å². The van der Waals surface area contributed by atoms with Crippen molar-refractivity contribution in [2.75, 3.05) is 0 Å². The number of hydrogen-bond acceptors (Lipinski definition) is 1. The molecule has 1 aromatic carbocycles. The lowest BCUT2D eigenvalue weighted by Crippen LogP contribution is -2.43. The predicted octanol–water partition coefficient (Wildman–Crippen LogP) is 5.69. The minimum atomic E-state index is -1.76. The molecule has 0 aliphatic heterocycles. The molecule has 0 spiro atoms. The van der Waals surface area contributed by atoms with Gasteiger partial charge in [-0.1, -0.05) is 71.2 Å². The first-order valence-electron chi connectivity index (χ1n) is 9.18. The Morgan fingerprint density at radius 1 is 1.08 bits per heavy atom. The van der Waals surface area contributed by atoms with Gasteiger partial charge in [0.1, 0.15) is 8.07 Å². The van der Waals surface area contributed by atoms with Crippen molar-refractivity contribution in [2.45, 2.75) is 72.0 Å². The Balaban J connectivity index is 3.36. The highest BCUT2D eigenvalue weighted by molar-refractivity contribution is 6.90. The number of allylic oxidation sites excluding steroid dienone is 1. The third-order valence-electron chi connectivity index (χ3n) is 5.01. The molecular formula is C22H33NOSi. The van der Waals surface area contributed by atoms with Crippen LogP contribution in [0.1, 0.15) is 59.6 Å². The van der Waals surface area contributed by atoms with Gasteiger partial charge in [0, 0.05) is 13.0 Å². The van der Waals surface area contributed by atoms with Gasteiger partial charge in [0.2, 0.25) is 5.91 Å². The molecule has 136 valence electrons. The molecule has 0 aliphatic carbocycles. The maximum atomic E-state index is 11.6. The summed E-state index contributed by atoms with van der Waals surface area (Å²) in [7, 11) is -1.76. The van der Waals surface area contributed by atoms with Crippen LogP contribution in [0.25, 0.3) is 5.70 Å². The summed E-state index contributed by atoms with van der Waals surface area (Å²) in [6, 6.07) is 8.13. The summed E-state index contributed by atoms with van der Waals surface area (Å²) in [5.41, 5.74) is 8.40. The highest BCUT2D eigenvalue weighted by atomic mass is 28.3. The zero-order chi connectivity index (χ0) is 19.2. The number of benzene rings is 1. The first-order chi connectivity index (χ1) is 11.6. The third-order valence-corrected chi connectivity index (χ3v) is 11.3. The van der Waals surface area contributed by atoms with Gasteiger partial charge in [0.05, 0.1) is 5.70 Å². The van der Waals surface area contributed by atoms with Crippen LogP contribution in [0.3, 0.4) is 0 Å². The van der Waals surface area contributed by atoms with Crippen LogP contribution in [-0.2, 0) is 4.79 Å². The van der Waals surface area contributed by atoms with Crippen LogP contribution in [0.15, 0.2) is 30.3 Å². The van der Waals surface area contributed by atoms with Crippen molar-refractivity contribution in [1.29, 1.82) is 0 Å². The van der Waals surface area contributed by atoms with E-state index in [1.165, 1.54) is 6.92 Å². The number of aryl methyl sites for hydroxylation is 1. The highest BCUT2D eigenvalue weighted by Gasteiger charge is 2.41. The first kappa shape index (κ1) is 21.2. The second-order valence-corrected chi connectivity index (χ2v) is 13.4. The monoisotopic (exact) mass is 355 g/mol. The summed E-state index contributed by atoms with van der Waals surface area (Å²) in [5, 5.41) is 2.93. The average Bonchev–Trinajstić information content (AvgIpc) is 2.48. The molecule has 3 heteroatoms. The van der Waals surface area contributed by atoms with E-state index in [-0.39, 0.29) is 5.91 Å². The highest BCUT2D eigenvalue weighted by Crippen LogP contribution is 2.40. The standard InChI is InChI=1S/C22H33NOSi/c1-16(2)25(17(3)4,18(5)6)14-10-13-22(23-20(8)24)21-12-9-11-19(7)15-21/h9,11-13,15-18H,1-8H3,(H,23,24)/b22-13-. The summed E-state index contributed by atoms with van der Waals surface area (Å²) in [4.78, 5) is 11.6. The molecule has 1 aromatic rings. The van der Waals surface area contributed by atoms with Crippen molar-refractivity contribution in [3.05, 3.63) is 41.5 Å². The number of rotatable bonds is 5. The average molecular weight is 356 g/mol. The molecule has 0 radical (unpaired) electrons. The smallest absolute Gasteiger partial charge is 0.221 e. The molecule has 1 rings (SSSR count). The SMILES string of the molecule is CC(=O)N/C(=C\C#C[Si](C(C)C)(C(C)C)C(C)C)c1cccc(C)c1. The molecule has 0 bridgehead atoms. The van der Waals surface area contributed by atoms with Gasteiger partial charge in [-0.05, 0) is 35.2 Å². The normalized spacial score (nSPS) is 12.4. The predicted molar refractivity (Wildman–Crippen MR) is 112 cm³/mol. The van der Waals surface area contributed by atoms with E-state index in [4.69, 9.17) is 0 Å². The van der Waals surface area contributed by atoms with Crippen LogP contribution >= 0.6 is 0 Å². The van der Waals surface area contributed by atoms with E-state index < -0.39 is 8.07 Å². The molecule has 25 heavy (non-hydrogen) atoms. The van der Waals surface area contributed by atoms with Crippen molar-refractivity contribution in [3.63, 3.8) is 0 Å². The largest absolute Gasteiger partial charge is 0.325 e. The Bertz CT molecular complexity index is 668. The molecule has 0 aromatic heterocycles. The fourth-order valence-electron chi connectivity index (χ4n) is 3.86. The summed E-state index contributed by atoms with van der Waals surface area (Å²) >= 11 is 0. The van der Waals surface area contributed by atoms with E-state index in [1.54, 1.807) is 0 Å². The molecule has 2 nitrogen and oxygen atoms in total. The summed E-state index contributed by atoms with van der Waals surface area (Å²) < 4.78 is 0. The summed E-state index contributed by atoms with van der Waals surface area (Å²) in [6.45, 7) is 17.4. The number of hydrogen-bond donors (Lipinski definition) is 1. The maximum absolute atomic E-state index is 11.6. The number of nitrogens with one attached hydrogen (secondary N) is 1. The van der Waals surface area contributed by atoms with E-state index in [0.29, 0.717) is 16.6 Å². The Morgan fingerprint density at radius 2 is 1.64 bits per heavy atom. The lowest BCUT2D eigenvalue weighted by Gasteiger charge is -2.38. The van der Waals surface area contributed by atoms with Gasteiger partial charge < -0.3 is 5.32 Å². The first-order valence-corrected chi connectivity index (χ1v) is 11.4. The van der Waals surface area contributed by atoms with E-state index in [0.717, 1.165) is 16.8 Å². The van der Waals surface area contributed by atoms with Gasteiger partial charge in [0.25, 0.3) is 0 Å². The Hall–Kier alpha value is -1.79. The second-order valence-electron chi connectivity index (χ2n) is 7.78. The van der Waals surface area contributed by atoms with Crippen LogP contribution in [0.2, 0.25) is 16.6 Å². The Labute approximate surface area is 155 Å². The van der Waals surface area contributed by atoms with Crippen molar-refractivity contribution in [2.24, 2.45) is 0 Å². The van der Waals surface area contributed by atoms with E-state index in [2.05, 4.69) is 77.4 Å². The summed E-state index contributed by atoms with van der Waals surface area (Å²) in [6.07, 6.45) is 1.88. The number of amides is 1. The molecule has 0 saturated carbocycles. The molecule has 1 N–H and O–H groups in total. The van der Waals surface area contributed by atoms with E-state index >= 15 is 0 Å². The zero-order valence-corrected chi connectivity index (χ0v) is 18.0. The lowest BCUT2D eigenvalue weighted by molar-refractivity contribution is -0.117. The Morgan fingerprint density at radius 3 is 2.08 bits per heavy atom. The topological polar surface area (TPSA) is 29.1 Å². The van der Waals surface area contributed by atoms with Gasteiger partial charge in [-0.15, -0.1) is 5.54 Å². The molecule has 0 saturated heterocycles. The minimum absolute atomic E-state index is 0.0744. The van der Waals surface area contributed by atoms with E-state index in [9.17, 15) is 4.79 Å². The molecular weight excluding hydrogens is 322 g/mol. The lowest BCUT2D eigenvalue weighted by atomic mass is 10.1. The number of carbonyl (C=O) groups excluding carboxylic acids is 1. The van der Waals surface area contributed by atoms with E-state index in [1.807, 2.05) is 18.2 Å². The fourth-order valence-corrected chi connectivity index (χ4v) is 9.05. The van der Waals surface area contributed by atoms with Gasteiger partial charge >= 0.3 is 0 Å². The maximum Gasteiger partial charge on any atom is 0.221 e. The molecule has 0 fully saturated rings. The van der Waals surface area contributed by atoms with Gasteiger partial charge in [0.15, 0.2) is 0 Å². The molecule has 0 aliphatic rings. The van der Waals surface area contributed by atoms with Crippen LogP contribution in [0.5, 0.6) is 0 Å². The minimum Gasteiger partial charge on any atom is -0.325 e. The van der Waals surface area contributed by atoms with Crippen molar-refractivity contribution < 1.29 is 4.79 Å². The van der Waals surface area contributed by atoms with Crippen molar-refractivity contribution in [3.8, 4) is 11.5 Å². The van der Waals surface area contributed by atoms with Crippen molar-refractivity contribution in [1.82, 2.24) is 5.32 Å².